The van der Waals surface area contributed by atoms with E-state index in [0.717, 1.165) is 5.56 Å². The molecule has 6 nitrogen and oxygen atoms in total. The molecule has 0 radical (unpaired) electrons. The third-order valence-corrected chi connectivity index (χ3v) is 8.38. The van der Waals surface area contributed by atoms with Gasteiger partial charge >= 0.3 is 0 Å². The first kappa shape index (κ1) is 24.3. The maximum atomic E-state index is 13.1. The van der Waals surface area contributed by atoms with Crippen LogP contribution in [0.15, 0.2) is 47.4 Å². The van der Waals surface area contributed by atoms with Crippen LogP contribution in [0.1, 0.15) is 39.8 Å². The van der Waals surface area contributed by atoms with E-state index in [0.29, 0.717) is 35.1 Å². The molecule has 0 bridgehead atoms. The second-order valence-corrected chi connectivity index (χ2v) is 10.4. The van der Waals surface area contributed by atoms with Crippen molar-refractivity contribution in [1.29, 1.82) is 0 Å². The second-order valence-electron chi connectivity index (χ2n) is 7.01. The molecule has 32 heavy (non-hydrogen) atoms. The molecule has 1 aromatic heterocycles. The fourth-order valence-electron chi connectivity index (χ4n) is 3.17. The fourth-order valence-corrected chi connectivity index (χ4v) is 5.81. The van der Waals surface area contributed by atoms with Crippen LogP contribution in [0.2, 0.25) is 5.02 Å². The number of nitrogens with one attached hydrogen (secondary N) is 1. The van der Waals surface area contributed by atoms with Gasteiger partial charge in [0.25, 0.3) is 5.91 Å². The van der Waals surface area contributed by atoms with Crippen molar-refractivity contribution in [1.82, 2.24) is 9.29 Å². The summed E-state index contributed by atoms with van der Waals surface area (Å²) in [7, 11) is -3.70. The highest BCUT2D eigenvalue weighted by molar-refractivity contribution is 7.89. The van der Waals surface area contributed by atoms with Gasteiger partial charge in [0.05, 0.1) is 26.3 Å². The number of carbonyl (C=O) groups is 1. The third-order valence-electron chi connectivity index (χ3n) is 4.84. The average Bonchev–Trinajstić information content (AvgIpc) is 3.12. The molecule has 1 amide bonds. The summed E-state index contributed by atoms with van der Waals surface area (Å²) >= 11 is 7.45. The topological polar surface area (TPSA) is 79.4 Å². The Morgan fingerprint density at radius 3 is 2.44 bits per heavy atom. The summed E-state index contributed by atoms with van der Waals surface area (Å²) < 4.78 is 40.0. The molecule has 0 fully saturated rings. The number of rotatable bonds is 8. The van der Waals surface area contributed by atoms with Gasteiger partial charge in [0.1, 0.15) is 10.7 Å². The van der Waals surface area contributed by atoms with Crippen molar-refractivity contribution >= 4 is 44.6 Å². The zero-order valence-corrected chi connectivity index (χ0v) is 20.2. The minimum atomic E-state index is -3.70. The van der Waals surface area contributed by atoms with Crippen molar-refractivity contribution in [3.63, 3.8) is 0 Å². The molecule has 1 heterocycles. The lowest BCUT2D eigenvalue weighted by molar-refractivity contribution is 0.102. The van der Waals surface area contributed by atoms with Crippen LogP contribution in [0.3, 0.4) is 0 Å². The SMILES string of the molecule is CCN(CC)S(=O)(=O)c1ccc(Cl)c(NC(=O)c2sc(Cc3ccc(F)cc3)nc2C)c1. The zero-order chi connectivity index (χ0) is 23.5. The number of sulfonamides is 1. The van der Waals surface area contributed by atoms with Gasteiger partial charge in [-0.25, -0.2) is 17.8 Å². The molecule has 3 aromatic rings. The lowest BCUT2D eigenvalue weighted by atomic mass is 10.1. The molecule has 2 aromatic carbocycles. The van der Waals surface area contributed by atoms with Crippen LogP contribution in [-0.4, -0.2) is 36.7 Å². The van der Waals surface area contributed by atoms with Gasteiger partial charge in [-0.15, -0.1) is 11.3 Å². The molecule has 0 atom stereocenters. The molecule has 0 saturated heterocycles. The van der Waals surface area contributed by atoms with E-state index in [1.807, 2.05) is 0 Å². The Morgan fingerprint density at radius 2 is 1.81 bits per heavy atom. The number of carbonyl (C=O) groups excluding carboxylic acids is 1. The van der Waals surface area contributed by atoms with Gasteiger partial charge < -0.3 is 5.32 Å². The average molecular weight is 496 g/mol. The van der Waals surface area contributed by atoms with Crippen LogP contribution < -0.4 is 5.32 Å². The van der Waals surface area contributed by atoms with Gasteiger partial charge in [-0.05, 0) is 42.8 Å². The lowest BCUT2D eigenvalue weighted by Crippen LogP contribution is -2.30. The maximum absolute atomic E-state index is 13.1. The zero-order valence-electron chi connectivity index (χ0n) is 17.9. The van der Waals surface area contributed by atoms with E-state index in [1.165, 1.54) is 46.0 Å². The Morgan fingerprint density at radius 1 is 1.16 bits per heavy atom. The Kier molecular flexibility index (Phi) is 7.66. The van der Waals surface area contributed by atoms with E-state index < -0.39 is 15.9 Å². The van der Waals surface area contributed by atoms with Crippen molar-refractivity contribution < 1.29 is 17.6 Å². The van der Waals surface area contributed by atoms with Gasteiger partial charge in [0.2, 0.25) is 10.0 Å². The van der Waals surface area contributed by atoms with E-state index in [2.05, 4.69) is 10.3 Å². The molecule has 0 unspecified atom stereocenters. The van der Waals surface area contributed by atoms with E-state index >= 15 is 0 Å². The van der Waals surface area contributed by atoms with Crippen LogP contribution in [0.4, 0.5) is 10.1 Å². The van der Waals surface area contributed by atoms with Crippen molar-refractivity contribution in [3.05, 3.63) is 74.4 Å². The fraction of sp³-hybridized carbons (Fsp3) is 0.273. The maximum Gasteiger partial charge on any atom is 0.267 e. The van der Waals surface area contributed by atoms with Crippen LogP contribution in [0.5, 0.6) is 0 Å². The van der Waals surface area contributed by atoms with Crippen LogP contribution >= 0.6 is 22.9 Å². The Balaban J connectivity index is 1.83. The lowest BCUT2D eigenvalue weighted by Gasteiger charge is -2.19. The quantitative estimate of drug-likeness (QED) is 0.470. The number of anilines is 1. The Hall–Kier alpha value is -2.33. The predicted molar refractivity (Wildman–Crippen MR) is 126 cm³/mol. The molecule has 0 aliphatic carbocycles. The summed E-state index contributed by atoms with van der Waals surface area (Å²) in [4.78, 5) is 17.8. The summed E-state index contributed by atoms with van der Waals surface area (Å²) in [5.41, 5.74) is 1.63. The number of aryl methyl sites for hydroxylation is 1. The van der Waals surface area contributed by atoms with E-state index in [1.54, 1.807) is 32.9 Å². The number of nitrogens with zero attached hydrogens (tertiary/aromatic N) is 2. The summed E-state index contributed by atoms with van der Waals surface area (Å²) in [6, 6.07) is 10.3. The van der Waals surface area contributed by atoms with Crippen LogP contribution in [0.25, 0.3) is 0 Å². The second kappa shape index (κ2) is 10.1. The monoisotopic (exact) mass is 495 g/mol. The molecule has 10 heteroatoms. The largest absolute Gasteiger partial charge is 0.320 e. The summed E-state index contributed by atoms with van der Waals surface area (Å²) in [6.45, 7) is 5.91. The minimum absolute atomic E-state index is 0.0546. The van der Waals surface area contributed by atoms with Crippen LogP contribution in [-0.2, 0) is 16.4 Å². The number of halogens is 2. The number of benzene rings is 2. The standard InChI is InChI=1S/C22H23ClFN3O3S2/c1-4-27(5-2)32(29,30)17-10-11-18(23)19(13-17)26-22(28)21-14(3)25-20(31-21)12-15-6-8-16(24)9-7-15/h6-11,13H,4-5,12H2,1-3H3,(H,26,28). The number of hydrogen-bond donors (Lipinski definition) is 1. The molecule has 0 spiro atoms. The molecule has 0 aliphatic rings. The predicted octanol–water partition coefficient (Wildman–Crippen LogP) is 5.12. The van der Waals surface area contributed by atoms with Crippen molar-refractivity contribution in [2.75, 3.05) is 18.4 Å². The van der Waals surface area contributed by atoms with Gasteiger partial charge in [-0.2, -0.15) is 4.31 Å². The number of aromatic nitrogens is 1. The molecule has 1 N–H and O–H groups in total. The van der Waals surface area contributed by atoms with Crippen molar-refractivity contribution in [3.8, 4) is 0 Å². The smallest absolute Gasteiger partial charge is 0.267 e. The summed E-state index contributed by atoms with van der Waals surface area (Å²) in [5.74, 6) is -0.740. The molecule has 0 aliphatic heterocycles. The number of hydrogen-bond acceptors (Lipinski definition) is 5. The van der Waals surface area contributed by atoms with E-state index in [9.17, 15) is 17.6 Å². The Bertz CT molecular complexity index is 1220. The molecule has 170 valence electrons. The van der Waals surface area contributed by atoms with Crippen molar-refractivity contribution in [2.45, 2.75) is 32.1 Å². The van der Waals surface area contributed by atoms with Gasteiger partial charge in [0, 0.05) is 19.5 Å². The highest BCUT2D eigenvalue weighted by atomic mass is 35.5. The number of amides is 1. The first-order valence-corrected chi connectivity index (χ1v) is 12.6. The summed E-state index contributed by atoms with van der Waals surface area (Å²) in [5, 5.41) is 3.65. The van der Waals surface area contributed by atoms with Crippen molar-refractivity contribution in [2.24, 2.45) is 0 Å². The number of thiazole rings is 1. The Labute approximate surface area is 196 Å². The van der Waals surface area contributed by atoms with E-state index in [4.69, 9.17) is 11.6 Å². The molecular weight excluding hydrogens is 473 g/mol. The highest BCUT2D eigenvalue weighted by Gasteiger charge is 2.23. The van der Waals surface area contributed by atoms with Gasteiger partial charge in [-0.1, -0.05) is 37.6 Å². The third kappa shape index (κ3) is 5.35. The van der Waals surface area contributed by atoms with Gasteiger partial charge in [-0.3, -0.25) is 4.79 Å². The molecule has 3 rings (SSSR count). The van der Waals surface area contributed by atoms with Gasteiger partial charge in [0.15, 0.2) is 0 Å². The highest BCUT2D eigenvalue weighted by Crippen LogP contribution is 2.29. The normalized spacial score (nSPS) is 11.7. The van der Waals surface area contributed by atoms with Crippen LogP contribution in [0, 0.1) is 12.7 Å². The molecule has 0 saturated carbocycles. The first-order valence-electron chi connectivity index (χ1n) is 9.97. The van der Waals surface area contributed by atoms with E-state index in [-0.39, 0.29) is 21.4 Å². The first-order chi connectivity index (χ1) is 15.1. The minimum Gasteiger partial charge on any atom is -0.320 e. The molecular formula is C22H23ClFN3O3S2. The summed E-state index contributed by atoms with van der Waals surface area (Å²) in [6.07, 6.45) is 0.470.